The molecule has 0 heterocycles. The van der Waals surface area contributed by atoms with E-state index in [4.69, 9.17) is 0 Å². The molecule has 2 heteroatoms. The fourth-order valence-electron chi connectivity index (χ4n) is 1.08. The molecule has 0 aliphatic rings. The molecule has 0 aromatic heterocycles. The van der Waals surface area contributed by atoms with Crippen molar-refractivity contribution in [1.29, 1.82) is 0 Å². The molecule has 0 amide bonds. The predicted octanol–water partition coefficient (Wildman–Crippen LogP) is 3.92. The van der Waals surface area contributed by atoms with Crippen LogP contribution in [0.1, 0.15) is 54.4 Å². The van der Waals surface area contributed by atoms with Crippen molar-refractivity contribution in [2.75, 3.05) is 5.75 Å². The van der Waals surface area contributed by atoms with Gasteiger partial charge in [0.05, 0.1) is 0 Å². The fraction of sp³-hybridized carbons (Fsp3) is 0.846. The number of hydrogen-bond donors (Lipinski definition) is 0. The minimum Gasteiger partial charge on any atom is -0.616 e. The normalized spacial score (nSPS) is 15.9. The van der Waals surface area contributed by atoms with Crippen molar-refractivity contribution in [3.63, 3.8) is 0 Å². The summed E-state index contributed by atoms with van der Waals surface area (Å²) in [6.07, 6.45) is 6.50. The van der Waals surface area contributed by atoms with Gasteiger partial charge in [0.25, 0.3) is 0 Å². The molecule has 1 nitrogen and oxygen atoms in total. The second-order valence-electron chi connectivity index (χ2n) is 6.07. The summed E-state index contributed by atoms with van der Waals surface area (Å²) in [7, 11) is 0. The van der Waals surface area contributed by atoms with E-state index >= 15 is 0 Å². The van der Waals surface area contributed by atoms with Gasteiger partial charge in [0.1, 0.15) is 10.5 Å². The zero-order valence-corrected chi connectivity index (χ0v) is 11.9. The molecule has 15 heavy (non-hydrogen) atoms. The van der Waals surface area contributed by atoms with Gasteiger partial charge in [-0.25, -0.2) is 0 Å². The Hall–Kier alpha value is 0.0500. The van der Waals surface area contributed by atoms with Gasteiger partial charge in [-0.1, -0.05) is 32.9 Å². The van der Waals surface area contributed by atoms with E-state index < -0.39 is 11.2 Å². The number of hydrogen-bond acceptors (Lipinski definition) is 1. The lowest BCUT2D eigenvalue weighted by Crippen LogP contribution is -2.30. The van der Waals surface area contributed by atoms with E-state index in [9.17, 15) is 4.55 Å². The molecule has 0 aromatic rings. The predicted molar refractivity (Wildman–Crippen MR) is 70.6 cm³/mol. The van der Waals surface area contributed by atoms with Gasteiger partial charge in [0, 0.05) is 0 Å². The van der Waals surface area contributed by atoms with E-state index in [2.05, 4.69) is 32.9 Å². The van der Waals surface area contributed by atoms with Crippen molar-refractivity contribution in [2.24, 2.45) is 5.41 Å². The monoisotopic (exact) mass is 230 g/mol. The second kappa shape index (κ2) is 5.95. The summed E-state index contributed by atoms with van der Waals surface area (Å²) in [5.74, 6) is 0.817. The van der Waals surface area contributed by atoms with E-state index in [1.807, 2.05) is 20.8 Å². The van der Waals surface area contributed by atoms with E-state index in [-0.39, 0.29) is 10.2 Å². The summed E-state index contributed by atoms with van der Waals surface area (Å²) in [5, 5.41) is 0. The van der Waals surface area contributed by atoms with Gasteiger partial charge in [-0.15, -0.1) is 0 Å². The van der Waals surface area contributed by atoms with Crippen LogP contribution < -0.4 is 0 Å². The molecule has 1 unspecified atom stereocenters. The van der Waals surface area contributed by atoms with Gasteiger partial charge in [-0.05, 0) is 50.2 Å². The average molecular weight is 230 g/mol. The van der Waals surface area contributed by atoms with Gasteiger partial charge in [0.15, 0.2) is 0 Å². The van der Waals surface area contributed by atoms with Crippen molar-refractivity contribution >= 4 is 11.2 Å². The molecule has 0 aliphatic heterocycles. The summed E-state index contributed by atoms with van der Waals surface area (Å²) in [6.45, 7) is 12.7. The van der Waals surface area contributed by atoms with Crippen LogP contribution in [-0.4, -0.2) is 15.1 Å². The summed E-state index contributed by atoms with van der Waals surface area (Å²) < 4.78 is 11.6. The average Bonchev–Trinajstić information content (AvgIpc) is 1.99. The van der Waals surface area contributed by atoms with Crippen molar-refractivity contribution in [3.05, 3.63) is 12.2 Å². The molecule has 1 atom stereocenters. The highest BCUT2D eigenvalue weighted by Crippen LogP contribution is 2.18. The Morgan fingerprint density at radius 2 is 1.60 bits per heavy atom. The molecule has 0 N–H and O–H groups in total. The lowest BCUT2D eigenvalue weighted by Gasteiger charge is -2.24. The first-order valence-corrected chi connectivity index (χ1v) is 7.01. The quantitative estimate of drug-likeness (QED) is 0.408. The highest BCUT2D eigenvalue weighted by Gasteiger charge is 2.24. The summed E-state index contributed by atoms with van der Waals surface area (Å²) in [4.78, 5) is 0. The van der Waals surface area contributed by atoms with Gasteiger partial charge in [-0.2, -0.15) is 0 Å². The Labute approximate surface area is 98.5 Å². The van der Waals surface area contributed by atoms with E-state index in [0.29, 0.717) is 0 Å². The third-order valence-electron chi connectivity index (χ3n) is 2.00. The smallest absolute Gasteiger partial charge is 0.117 e. The summed E-state index contributed by atoms with van der Waals surface area (Å²) in [6, 6.07) is 0. The molecular formula is C13H26OS. The Kier molecular flexibility index (Phi) is 5.97. The van der Waals surface area contributed by atoms with Crippen LogP contribution in [-0.2, 0) is 11.2 Å². The van der Waals surface area contributed by atoms with E-state index in [1.165, 1.54) is 0 Å². The molecule has 0 aromatic carbocycles. The Balaban J connectivity index is 3.69. The first kappa shape index (κ1) is 15.0. The van der Waals surface area contributed by atoms with Crippen molar-refractivity contribution in [1.82, 2.24) is 0 Å². The molecular weight excluding hydrogens is 204 g/mol. The second-order valence-corrected chi connectivity index (χ2v) is 8.40. The molecule has 0 fully saturated rings. The SMILES string of the molecule is CC(C)(C)/C=C\CCC[S+]([O-])C(C)(C)C. The van der Waals surface area contributed by atoms with Crippen LogP contribution in [0.3, 0.4) is 0 Å². The summed E-state index contributed by atoms with van der Waals surface area (Å²) in [5.41, 5.74) is 0.267. The molecule has 0 aliphatic carbocycles. The van der Waals surface area contributed by atoms with Crippen LogP contribution in [0.5, 0.6) is 0 Å². The molecule has 90 valence electrons. The lowest BCUT2D eigenvalue weighted by atomic mass is 9.96. The van der Waals surface area contributed by atoms with Gasteiger partial charge < -0.3 is 4.55 Å². The number of rotatable bonds is 4. The van der Waals surface area contributed by atoms with Crippen LogP contribution in [0.2, 0.25) is 0 Å². The molecule has 0 rings (SSSR count). The number of allylic oxidation sites excluding steroid dienone is 2. The van der Waals surface area contributed by atoms with Crippen LogP contribution >= 0.6 is 0 Å². The fourth-order valence-corrected chi connectivity index (χ4v) is 2.12. The molecule has 0 radical (unpaired) electrons. The van der Waals surface area contributed by atoms with Gasteiger partial charge in [0.2, 0.25) is 0 Å². The largest absolute Gasteiger partial charge is 0.616 e. The van der Waals surface area contributed by atoms with E-state index in [1.54, 1.807) is 0 Å². The highest BCUT2D eigenvalue weighted by atomic mass is 32.2. The van der Waals surface area contributed by atoms with Gasteiger partial charge in [-0.3, -0.25) is 0 Å². The first-order valence-electron chi connectivity index (χ1n) is 5.69. The highest BCUT2D eigenvalue weighted by molar-refractivity contribution is 7.92. The van der Waals surface area contributed by atoms with E-state index in [0.717, 1.165) is 18.6 Å². The third-order valence-corrected chi connectivity index (χ3v) is 4.03. The molecule has 0 saturated carbocycles. The molecule has 0 spiro atoms. The third kappa shape index (κ3) is 9.01. The van der Waals surface area contributed by atoms with Crippen LogP contribution in [0.25, 0.3) is 0 Å². The Morgan fingerprint density at radius 3 is 2.00 bits per heavy atom. The number of unbranched alkanes of at least 4 members (excludes halogenated alkanes) is 1. The zero-order chi connectivity index (χ0) is 12.1. The maximum atomic E-state index is 11.7. The molecule has 0 saturated heterocycles. The topological polar surface area (TPSA) is 23.1 Å². The Morgan fingerprint density at radius 1 is 1.07 bits per heavy atom. The maximum Gasteiger partial charge on any atom is 0.117 e. The van der Waals surface area contributed by atoms with Crippen molar-refractivity contribution < 1.29 is 4.55 Å². The maximum absolute atomic E-state index is 11.7. The van der Waals surface area contributed by atoms with Crippen molar-refractivity contribution in [2.45, 2.75) is 59.1 Å². The van der Waals surface area contributed by atoms with Crippen molar-refractivity contribution in [3.8, 4) is 0 Å². The minimum absolute atomic E-state index is 0.0618. The van der Waals surface area contributed by atoms with Crippen LogP contribution in [0, 0.1) is 5.41 Å². The summed E-state index contributed by atoms with van der Waals surface area (Å²) >= 11 is -0.696. The Bertz CT molecular complexity index is 196. The van der Waals surface area contributed by atoms with Crippen LogP contribution in [0.4, 0.5) is 0 Å². The molecule has 0 bridgehead atoms. The van der Waals surface area contributed by atoms with Crippen LogP contribution in [0.15, 0.2) is 12.2 Å². The minimum atomic E-state index is -0.696. The first-order chi connectivity index (χ1) is 6.63. The standard InChI is InChI=1S/C13H26OS/c1-12(2,3)10-8-7-9-11-15(14)13(4,5)6/h8,10H,7,9,11H2,1-6H3/b10-8-. The lowest BCUT2D eigenvalue weighted by molar-refractivity contribution is 0.541. The van der Waals surface area contributed by atoms with Gasteiger partial charge >= 0.3 is 0 Å². The zero-order valence-electron chi connectivity index (χ0n) is 11.1.